The summed E-state index contributed by atoms with van der Waals surface area (Å²) in [5.74, 6) is 0. The fraction of sp³-hybridized carbons (Fsp3) is 0.0286. The van der Waals surface area contributed by atoms with E-state index in [-0.39, 0.29) is 5.41 Å². The summed E-state index contributed by atoms with van der Waals surface area (Å²) in [5.41, 5.74) is 11.7. The van der Waals surface area contributed by atoms with Crippen LogP contribution >= 0.6 is 0 Å². The van der Waals surface area contributed by atoms with Gasteiger partial charge in [0.15, 0.2) is 0 Å². The van der Waals surface area contributed by atoms with Crippen molar-refractivity contribution in [3.05, 3.63) is 150 Å². The molecule has 1 heterocycles. The number of hydrogen-bond donors (Lipinski definition) is 0. The molecule has 7 aromatic rings. The topological polar surface area (TPSA) is 4.93 Å². The monoisotopic (exact) mass is 455 g/mol. The highest BCUT2D eigenvalue weighted by Gasteiger charge is 2.50. The summed E-state index contributed by atoms with van der Waals surface area (Å²) >= 11 is 0. The zero-order valence-electron chi connectivity index (χ0n) is 19.6. The molecule has 166 valence electrons. The average molecular weight is 456 g/mol. The molecule has 0 amide bonds. The molecule has 0 fully saturated rings. The van der Waals surface area contributed by atoms with Crippen LogP contribution in [0.15, 0.2) is 127 Å². The molecular weight excluding hydrogens is 434 g/mol. The molecule has 2 aliphatic carbocycles. The quantitative estimate of drug-likeness (QED) is 0.246. The van der Waals surface area contributed by atoms with Crippen LogP contribution in [0.3, 0.4) is 0 Å². The molecule has 9 rings (SSSR count). The van der Waals surface area contributed by atoms with Crippen molar-refractivity contribution < 1.29 is 0 Å². The molecule has 1 nitrogen and oxygen atoms in total. The maximum Gasteiger partial charge on any atom is 0.0726 e. The van der Waals surface area contributed by atoms with Gasteiger partial charge in [-0.05, 0) is 68.4 Å². The van der Waals surface area contributed by atoms with Crippen LogP contribution in [0.25, 0.3) is 49.4 Å². The lowest BCUT2D eigenvalue weighted by atomic mass is 9.63. The van der Waals surface area contributed by atoms with E-state index < -0.39 is 0 Å². The van der Waals surface area contributed by atoms with Gasteiger partial charge in [0.05, 0.1) is 16.4 Å². The van der Waals surface area contributed by atoms with Crippen molar-refractivity contribution in [1.29, 1.82) is 0 Å². The van der Waals surface area contributed by atoms with E-state index in [9.17, 15) is 0 Å². The van der Waals surface area contributed by atoms with Gasteiger partial charge in [-0.3, -0.25) is 0 Å². The number of para-hydroxylation sites is 1. The highest BCUT2D eigenvalue weighted by Crippen LogP contribution is 2.63. The summed E-state index contributed by atoms with van der Waals surface area (Å²) < 4.78 is 2.46. The first-order chi connectivity index (χ1) is 17.9. The Morgan fingerprint density at radius 3 is 2.00 bits per heavy atom. The Bertz CT molecular complexity index is 2030. The largest absolute Gasteiger partial charge is 0.309 e. The molecule has 0 saturated carbocycles. The average Bonchev–Trinajstić information content (AvgIpc) is 3.45. The number of nitrogens with zero attached hydrogens (tertiary/aromatic N) is 1. The molecule has 0 bridgehead atoms. The highest BCUT2D eigenvalue weighted by atomic mass is 15.0. The lowest BCUT2D eigenvalue weighted by Crippen LogP contribution is -2.30. The molecule has 0 spiro atoms. The van der Waals surface area contributed by atoms with Crippen molar-refractivity contribution >= 4 is 32.6 Å². The second-order valence-corrected chi connectivity index (χ2v) is 10.1. The van der Waals surface area contributed by atoms with Crippen LogP contribution in [-0.4, -0.2) is 4.57 Å². The number of fused-ring (bicyclic) bond motifs is 4. The Balaban J connectivity index is 1.63. The Kier molecular flexibility index (Phi) is 3.28. The van der Waals surface area contributed by atoms with Crippen molar-refractivity contribution in [2.75, 3.05) is 0 Å². The van der Waals surface area contributed by atoms with Crippen LogP contribution < -0.4 is 0 Å². The van der Waals surface area contributed by atoms with E-state index >= 15 is 0 Å². The first-order valence-electron chi connectivity index (χ1n) is 12.6. The van der Waals surface area contributed by atoms with E-state index in [1.54, 1.807) is 0 Å². The summed E-state index contributed by atoms with van der Waals surface area (Å²) in [4.78, 5) is 0. The van der Waals surface area contributed by atoms with E-state index in [0.717, 1.165) is 0 Å². The fourth-order valence-corrected chi connectivity index (χ4v) is 7.35. The lowest BCUT2D eigenvalue weighted by molar-refractivity contribution is 0.782. The lowest BCUT2D eigenvalue weighted by Gasteiger charge is -2.37. The third-order valence-corrected chi connectivity index (χ3v) is 8.56. The zero-order valence-corrected chi connectivity index (χ0v) is 19.6. The van der Waals surface area contributed by atoms with E-state index in [1.807, 2.05) is 0 Å². The van der Waals surface area contributed by atoms with Crippen LogP contribution in [0.5, 0.6) is 0 Å². The van der Waals surface area contributed by atoms with E-state index in [2.05, 4.69) is 132 Å². The molecule has 0 saturated heterocycles. The van der Waals surface area contributed by atoms with Crippen molar-refractivity contribution in [3.8, 4) is 16.8 Å². The normalized spacial score (nSPS) is 17.0. The maximum absolute atomic E-state index is 2.46. The third kappa shape index (κ3) is 1.94. The molecule has 2 aliphatic rings. The third-order valence-electron chi connectivity index (χ3n) is 8.56. The van der Waals surface area contributed by atoms with Gasteiger partial charge in [0, 0.05) is 16.5 Å². The van der Waals surface area contributed by atoms with Gasteiger partial charge in [0.25, 0.3) is 0 Å². The zero-order chi connectivity index (χ0) is 23.4. The van der Waals surface area contributed by atoms with Crippen LogP contribution in [0, 0.1) is 0 Å². The van der Waals surface area contributed by atoms with Crippen molar-refractivity contribution in [1.82, 2.24) is 4.57 Å². The Labute approximate surface area is 208 Å². The number of rotatable bonds is 2. The minimum Gasteiger partial charge on any atom is -0.309 e. The number of hydrogen-bond acceptors (Lipinski definition) is 0. The highest BCUT2D eigenvalue weighted by molar-refractivity contribution is 6.27. The van der Waals surface area contributed by atoms with Crippen LogP contribution in [0.1, 0.15) is 22.3 Å². The molecule has 0 N–H and O–H groups in total. The van der Waals surface area contributed by atoms with E-state index in [1.165, 1.54) is 71.6 Å². The predicted molar refractivity (Wildman–Crippen MR) is 149 cm³/mol. The van der Waals surface area contributed by atoms with Gasteiger partial charge < -0.3 is 4.57 Å². The van der Waals surface area contributed by atoms with Crippen LogP contribution in [-0.2, 0) is 5.41 Å². The Morgan fingerprint density at radius 2 is 1.14 bits per heavy atom. The molecule has 0 aliphatic heterocycles. The molecule has 6 aromatic carbocycles. The number of aromatic nitrogens is 1. The summed E-state index contributed by atoms with van der Waals surface area (Å²) in [7, 11) is 0. The number of benzene rings is 6. The summed E-state index contributed by atoms with van der Waals surface area (Å²) in [6, 6.07) is 47.3. The van der Waals surface area contributed by atoms with Gasteiger partial charge in [-0.25, -0.2) is 0 Å². The summed E-state index contributed by atoms with van der Waals surface area (Å²) in [6.45, 7) is 0. The molecule has 1 heteroatoms. The minimum absolute atomic E-state index is 0.337. The van der Waals surface area contributed by atoms with Crippen LogP contribution in [0.2, 0.25) is 0 Å². The summed E-state index contributed by atoms with van der Waals surface area (Å²) in [6.07, 6.45) is 0. The van der Waals surface area contributed by atoms with Crippen molar-refractivity contribution in [3.63, 3.8) is 0 Å². The minimum atomic E-state index is -0.337. The fourth-order valence-electron chi connectivity index (χ4n) is 7.35. The first-order valence-corrected chi connectivity index (χ1v) is 12.6. The predicted octanol–water partition coefficient (Wildman–Crippen LogP) is 8.61. The molecule has 1 aromatic heterocycles. The Hall–Kier alpha value is -4.62. The second-order valence-electron chi connectivity index (χ2n) is 10.1. The van der Waals surface area contributed by atoms with E-state index in [0.29, 0.717) is 0 Å². The molecule has 1 unspecified atom stereocenters. The Morgan fingerprint density at radius 1 is 0.444 bits per heavy atom. The molecule has 36 heavy (non-hydrogen) atoms. The summed E-state index contributed by atoms with van der Waals surface area (Å²) in [5, 5.41) is 5.48. The van der Waals surface area contributed by atoms with Gasteiger partial charge in [0.1, 0.15) is 0 Å². The van der Waals surface area contributed by atoms with Gasteiger partial charge in [-0.15, -0.1) is 0 Å². The molecule has 0 radical (unpaired) electrons. The first kappa shape index (κ1) is 18.7. The van der Waals surface area contributed by atoms with Gasteiger partial charge in [-0.2, -0.15) is 0 Å². The molecule has 1 atom stereocenters. The van der Waals surface area contributed by atoms with Crippen molar-refractivity contribution in [2.24, 2.45) is 0 Å². The molecular formula is C35H21N. The van der Waals surface area contributed by atoms with Crippen LogP contribution in [0.4, 0.5) is 0 Å². The van der Waals surface area contributed by atoms with Gasteiger partial charge in [0.2, 0.25) is 0 Å². The van der Waals surface area contributed by atoms with Crippen molar-refractivity contribution in [2.45, 2.75) is 5.41 Å². The second kappa shape index (κ2) is 6.33. The smallest absolute Gasteiger partial charge is 0.0726 e. The SMILES string of the molecule is c1ccc(-n2c3ccc4c5c3c3c6c(cccc6ccc32)C5(c2ccccc2)c2ccccc2-4)cc1. The van der Waals surface area contributed by atoms with Gasteiger partial charge in [-0.1, -0.05) is 103 Å². The maximum atomic E-state index is 2.46. The van der Waals surface area contributed by atoms with Gasteiger partial charge >= 0.3 is 0 Å². The van der Waals surface area contributed by atoms with E-state index in [4.69, 9.17) is 0 Å². The standard InChI is InChI=1S/C35H21N/c1-3-11-23(12-4-1)35-27-16-8-7-15-25(27)26-19-21-30-33(34(26)35)32-29(36(30)24-13-5-2-6-14-24)20-18-22-10-9-17-28(35)31(22)32/h1-21H.